The Morgan fingerprint density at radius 2 is 2.08 bits per heavy atom. The third-order valence-corrected chi connectivity index (χ3v) is 5.92. The van der Waals surface area contributed by atoms with Crippen LogP contribution in [0.1, 0.15) is 47.0 Å². The molecule has 0 bridgehead atoms. The Hall–Kier alpha value is -1.85. The van der Waals surface area contributed by atoms with Gasteiger partial charge in [-0.15, -0.1) is 11.3 Å². The van der Waals surface area contributed by atoms with Gasteiger partial charge in [0.05, 0.1) is 12.1 Å². The van der Waals surface area contributed by atoms with Crippen molar-refractivity contribution >= 4 is 17.2 Å². The molecule has 2 saturated heterocycles. The minimum atomic E-state index is 0.113. The molecule has 132 valence electrons. The lowest BCUT2D eigenvalue weighted by Crippen LogP contribution is -2.30. The van der Waals surface area contributed by atoms with Crippen LogP contribution in [0.3, 0.4) is 0 Å². The van der Waals surface area contributed by atoms with Crippen LogP contribution < -0.4 is 4.74 Å². The van der Waals surface area contributed by atoms with Gasteiger partial charge in [0.1, 0.15) is 12.4 Å². The average Bonchev–Trinajstić information content (AvgIpc) is 3.41. The highest BCUT2D eigenvalue weighted by Gasteiger charge is 2.31. The standard InChI is InChI=1S/C20H23NO3S/c22-20(21-11-1-5-18(21)19-6-3-13-25-19)15-7-9-16(10-8-15)24-14-17-4-2-12-23-17/h3,6-10,13,17-18H,1-2,4-5,11-12,14H2. The molecule has 2 aliphatic heterocycles. The van der Waals surface area contributed by atoms with Gasteiger partial charge >= 0.3 is 0 Å². The highest BCUT2D eigenvalue weighted by atomic mass is 32.1. The summed E-state index contributed by atoms with van der Waals surface area (Å²) in [6, 6.07) is 11.9. The van der Waals surface area contributed by atoms with Crippen LogP contribution >= 0.6 is 11.3 Å². The van der Waals surface area contributed by atoms with E-state index in [0.717, 1.165) is 50.1 Å². The van der Waals surface area contributed by atoms with Gasteiger partial charge in [0.25, 0.3) is 5.91 Å². The van der Waals surface area contributed by atoms with Gasteiger partial charge in [-0.05, 0) is 61.4 Å². The first kappa shape index (κ1) is 16.6. The molecule has 4 rings (SSSR count). The molecule has 0 saturated carbocycles. The first-order valence-electron chi connectivity index (χ1n) is 9.00. The largest absolute Gasteiger partial charge is 0.491 e. The minimum Gasteiger partial charge on any atom is -0.491 e. The van der Waals surface area contributed by atoms with E-state index in [1.165, 1.54) is 4.88 Å². The van der Waals surface area contributed by atoms with E-state index in [1.54, 1.807) is 11.3 Å². The first-order chi connectivity index (χ1) is 12.3. The summed E-state index contributed by atoms with van der Waals surface area (Å²) in [7, 11) is 0. The molecule has 0 radical (unpaired) electrons. The van der Waals surface area contributed by atoms with Gasteiger partial charge in [0.2, 0.25) is 0 Å². The van der Waals surface area contributed by atoms with Crippen LogP contribution in [0.5, 0.6) is 5.75 Å². The summed E-state index contributed by atoms with van der Waals surface area (Å²) in [6.07, 6.45) is 4.50. The lowest BCUT2D eigenvalue weighted by Gasteiger charge is -2.24. The Morgan fingerprint density at radius 1 is 1.20 bits per heavy atom. The molecule has 1 aromatic carbocycles. The van der Waals surface area contributed by atoms with Crippen molar-refractivity contribution in [2.45, 2.75) is 37.8 Å². The predicted octanol–water partition coefficient (Wildman–Crippen LogP) is 4.28. The van der Waals surface area contributed by atoms with Gasteiger partial charge in [-0.1, -0.05) is 6.07 Å². The number of carbonyl (C=O) groups excluding carboxylic acids is 1. The van der Waals surface area contributed by atoms with Crippen LogP contribution in [0.2, 0.25) is 0 Å². The van der Waals surface area contributed by atoms with Crippen molar-refractivity contribution in [1.29, 1.82) is 0 Å². The molecule has 1 amide bonds. The SMILES string of the molecule is O=C(c1ccc(OCC2CCCO2)cc1)N1CCCC1c1cccs1. The molecule has 4 nitrogen and oxygen atoms in total. The summed E-state index contributed by atoms with van der Waals surface area (Å²) in [5, 5.41) is 2.08. The van der Waals surface area contributed by atoms with Crippen LogP contribution in [-0.4, -0.2) is 36.7 Å². The van der Waals surface area contributed by atoms with E-state index in [9.17, 15) is 4.79 Å². The van der Waals surface area contributed by atoms with E-state index in [2.05, 4.69) is 17.5 Å². The van der Waals surface area contributed by atoms with Crippen LogP contribution in [0, 0.1) is 0 Å². The van der Waals surface area contributed by atoms with E-state index in [-0.39, 0.29) is 18.1 Å². The van der Waals surface area contributed by atoms with Gasteiger partial charge < -0.3 is 14.4 Å². The first-order valence-corrected chi connectivity index (χ1v) is 9.88. The summed E-state index contributed by atoms with van der Waals surface area (Å²) in [4.78, 5) is 16.2. The number of carbonyl (C=O) groups is 1. The lowest BCUT2D eigenvalue weighted by atomic mass is 10.1. The number of hydrogen-bond donors (Lipinski definition) is 0. The Balaban J connectivity index is 1.39. The highest BCUT2D eigenvalue weighted by molar-refractivity contribution is 7.10. The Labute approximate surface area is 152 Å². The van der Waals surface area contributed by atoms with E-state index in [4.69, 9.17) is 9.47 Å². The fraction of sp³-hybridized carbons (Fsp3) is 0.450. The minimum absolute atomic E-state index is 0.113. The third-order valence-electron chi connectivity index (χ3n) is 4.95. The number of amides is 1. The molecule has 5 heteroatoms. The number of nitrogens with zero attached hydrogens (tertiary/aromatic N) is 1. The van der Waals surface area contributed by atoms with E-state index in [0.29, 0.717) is 6.61 Å². The number of hydrogen-bond acceptors (Lipinski definition) is 4. The van der Waals surface area contributed by atoms with Gasteiger partial charge in [-0.2, -0.15) is 0 Å². The molecule has 3 heterocycles. The number of ether oxygens (including phenoxy) is 2. The molecule has 2 atom stereocenters. The predicted molar refractivity (Wildman–Crippen MR) is 98.2 cm³/mol. The van der Waals surface area contributed by atoms with Crippen molar-refractivity contribution in [1.82, 2.24) is 4.90 Å². The van der Waals surface area contributed by atoms with Gasteiger partial charge in [-0.3, -0.25) is 4.79 Å². The van der Waals surface area contributed by atoms with E-state index >= 15 is 0 Å². The molecule has 0 aliphatic carbocycles. The van der Waals surface area contributed by atoms with Crippen molar-refractivity contribution in [2.24, 2.45) is 0 Å². The molecular formula is C20H23NO3S. The Morgan fingerprint density at radius 3 is 2.80 bits per heavy atom. The summed E-state index contributed by atoms with van der Waals surface area (Å²) in [6.45, 7) is 2.25. The summed E-state index contributed by atoms with van der Waals surface area (Å²) >= 11 is 1.73. The third kappa shape index (κ3) is 3.72. The zero-order valence-electron chi connectivity index (χ0n) is 14.2. The van der Waals surface area contributed by atoms with Crippen molar-refractivity contribution in [3.05, 3.63) is 52.2 Å². The second-order valence-electron chi connectivity index (χ2n) is 6.64. The van der Waals surface area contributed by atoms with Crippen LogP contribution in [0.4, 0.5) is 0 Å². The van der Waals surface area contributed by atoms with Gasteiger partial charge in [-0.25, -0.2) is 0 Å². The molecular weight excluding hydrogens is 334 g/mol. The van der Waals surface area contributed by atoms with Crippen molar-refractivity contribution in [3.63, 3.8) is 0 Å². The maximum absolute atomic E-state index is 12.9. The van der Waals surface area contributed by atoms with Crippen LogP contribution in [-0.2, 0) is 4.74 Å². The quantitative estimate of drug-likeness (QED) is 0.801. The summed E-state index contributed by atoms with van der Waals surface area (Å²) in [5.74, 6) is 0.907. The van der Waals surface area contributed by atoms with Crippen LogP contribution in [0.25, 0.3) is 0 Å². The maximum Gasteiger partial charge on any atom is 0.254 e. The molecule has 2 aliphatic rings. The van der Waals surface area contributed by atoms with E-state index in [1.807, 2.05) is 29.2 Å². The number of likely N-dealkylation sites (tertiary alicyclic amines) is 1. The Kier molecular flexibility index (Phi) is 5.04. The van der Waals surface area contributed by atoms with Gasteiger partial charge in [0, 0.05) is 23.6 Å². The van der Waals surface area contributed by atoms with Crippen molar-refractivity contribution in [2.75, 3.05) is 19.8 Å². The van der Waals surface area contributed by atoms with Crippen molar-refractivity contribution in [3.8, 4) is 5.75 Å². The Bertz CT molecular complexity index is 692. The fourth-order valence-corrected chi connectivity index (χ4v) is 4.48. The van der Waals surface area contributed by atoms with Crippen molar-refractivity contribution < 1.29 is 14.3 Å². The molecule has 0 N–H and O–H groups in total. The fourth-order valence-electron chi connectivity index (χ4n) is 3.61. The zero-order chi connectivity index (χ0) is 17.1. The maximum atomic E-state index is 12.9. The summed E-state index contributed by atoms with van der Waals surface area (Å²) < 4.78 is 11.3. The number of benzene rings is 1. The normalized spacial score (nSPS) is 23.1. The topological polar surface area (TPSA) is 38.8 Å². The van der Waals surface area contributed by atoms with E-state index < -0.39 is 0 Å². The number of rotatable bonds is 5. The second-order valence-corrected chi connectivity index (χ2v) is 7.62. The molecule has 1 aromatic heterocycles. The molecule has 2 fully saturated rings. The number of thiophene rings is 1. The average molecular weight is 357 g/mol. The summed E-state index contributed by atoms with van der Waals surface area (Å²) in [5.41, 5.74) is 0.730. The molecule has 0 spiro atoms. The lowest BCUT2D eigenvalue weighted by molar-refractivity contribution is 0.0678. The van der Waals surface area contributed by atoms with Crippen LogP contribution in [0.15, 0.2) is 41.8 Å². The smallest absolute Gasteiger partial charge is 0.254 e. The van der Waals surface area contributed by atoms with Gasteiger partial charge in [0.15, 0.2) is 0 Å². The molecule has 25 heavy (non-hydrogen) atoms. The molecule has 2 aromatic rings. The second kappa shape index (κ2) is 7.58. The molecule has 2 unspecified atom stereocenters. The monoisotopic (exact) mass is 357 g/mol. The zero-order valence-corrected chi connectivity index (χ0v) is 15.0. The highest BCUT2D eigenvalue weighted by Crippen LogP contribution is 2.35.